The second kappa shape index (κ2) is 3.45. The molecule has 0 aromatic carbocycles. The van der Waals surface area contributed by atoms with Crippen molar-refractivity contribution in [3.05, 3.63) is 0 Å². The van der Waals surface area contributed by atoms with E-state index in [0.717, 1.165) is 0 Å². The summed E-state index contributed by atoms with van der Waals surface area (Å²) in [5.74, 6) is 0. The van der Waals surface area contributed by atoms with Crippen molar-refractivity contribution in [2.75, 3.05) is 59.4 Å². The molecule has 4 nitrogen and oxygen atoms in total. The van der Waals surface area contributed by atoms with Gasteiger partial charge < -0.3 is 4.90 Å². The Kier molecular flexibility index (Phi) is 2.24. The Balaban J connectivity index is 1.77. The van der Waals surface area contributed by atoms with Gasteiger partial charge in [-0.05, 0) is 7.05 Å². The van der Waals surface area contributed by atoms with Crippen molar-refractivity contribution >= 4 is 0 Å². The molecule has 4 heteroatoms. The Bertz CT molecular complexity index is 200. The summed E-state index contributed by atoms with van der Waals surface area (Å²) in [6.07, 6.45) is 0.656. The van der Waals surface area contributed by atoms with E-state index in [-0.39, 0.29) is 0 Å². The lowest BCUT2D eigenvalue weighted by molar-refractivity contribution is 0.0237. The summed E-state index contributed by atoms with van der Waals surface area (Å²) >= 11 is 0. The molecule has 0 spiro atoms. The summed E-state index contributed by atoms with van der Waals surface area (Å²) < 4.78 is 0. The summed E-state index contributed by atoms with van der Waals surface area (Å²) in [5, 5.41) is 0. The van der Waals surface area contributed by atoms with Crippen LogP contribution in [0.25, 0.3) is 0 Å². The van der Waals surface area contributed by atoms with E-state index in [1.54, 1.807) is 0 Å². The fourth-order valence-corrected chi connectivity index (χ4v) is 2.94. The van der Waals surface area contributed by atoms with Crippen molar-refractivity contribution in [2.45, 2.75) is 6.29 Å². The Morgan fingerprint density at radius 3 is 1.43 bits per heavy atom. The van der Waals surface area contributed by atoms with Gasteiger partial charge in [-0.25, -0.2) is 0 Å². The molecule has 0 radical (unpaired) electrons. The number of likely N-dealkylation sites (N-methyl/N-ethyl adjacent to an activating group) is 1. The van der Waals surface area contributed by atoms with Crippen molar-refractivity contribution in [1.29, 1.82) is 0 Å². The number of hydrogen-bond donors (Lipinski definition) is 0. The van der Waals surface area contributed by atoms with E-state index >= 15 is 0 Å². The van der Waals surface area contributed by atoms with E-state index < -0.39 is 0 Å². The van der Waals surface area contributed by atoms with Gasteiger partial charge in [0.05, 0.1) is 0 Å². The number of rotatable bonds is 0. The van der Waals surface area contributed by atoms with Crippen LogP contribution in [0.5, 0.6) is 0 Å². The van der Waals surface area contributed by atoms with E-state index in [4.69, 9.17) is 0 Å². The summed E-state index contributed by atoms with van der Waals surface area (Å²) in [7, 11) is 2.24. The maximum atomic E-state index is 2.64. The molecular formula is C10H20N4. The third-order valence-corrected chi connectivity index (χ3v) is 3.87. The highest BCUT2D eigenvalue weighted by molar-refractivity contribution is 4.90. The molecule has 3 rings (SSSR count). The number of nitrogens with zero attached hydrogens (tertiary/aromatic N) is 4. The predicted octanol–water partition coefficient (Wildman–Crippen LogP) is -0.851. The van der Waals surface area contributed by atoms with Gasteiger partial charge in [0.2, 0.25) is 0 Å². The SMILES string of the molecule is CN1CCN2CCN3CCN(CC1)C23. The summed E-state index contributed by atoms with van der Waals surface area (Å²) in [4.78, 5) is 10.4. The summed E-state index contributed by atoms with van der Waals surface area (Å²) in [5.41, 5.74) is 0. The first-order valence-corrected chi connectivity index (χ1v) is 5.75. The highest BCUT2D eigenvalue weighted by Crippen LogP contribution is 2.24. The van der Waals surface area contributed by atoms with Gasteiger partial charge in [0.1, 0.15) is 6.29 Å². The van der Waals surface area contributed by atoms with Crippen LogP contribution in [-0.4, -0.2) is 85.3 Å². The minimum Gasteiger partial charge on any atom is -0.304 e. The van der Waals surface area contributed by atoms with Crippen LogP contribution in [0.15, 0.2) is 0 Å². The molecule has 0 unspecified atom stereocenters. The van der Waals surface area contributed by atoms with Gasteiger partial charge in [-0.1, -0.05) is 0 Å². The summed E-state index contributed by atoms with van der Waals surface area (Å²) in [6.45, 7) is 10.1. The van der Waals surface area contributed by atoms with Crippen LogP contribution < -0.4 is 0 Å². The minimum absolute atomic E-state index is 0.656. The second-order valence-electron chi connectivity index (χ2n) is 4.76. The number of hydrogen-bond acceptors (Lipinski definition) is 4. The molecule has 0 aromatic heterocycles. The maximum Gasteiger partial charge on any atom is 0.119 e. The Morgan fingerprint density at radius 2 is 1.00 bits per heavy atom. The molecule has 0 aromatic rings. The van der Waals surface area contributed by atoms with Gasteiger partial charge in [-0.2, -0.15) is 0 Å². The predicted molar refractivity (Wildman–Crippen MR) is 56.0 cm³/mol. The fraction of sp³-hybridized carbons (Fsp3) is 1.00. The smallest absolute Gasteiger partial charge is 0.119 e. The van der Waals surface area contributed by atoms with Crippen LogP contribution in [0.4, 0.5) is 0 Å². The lowest BCUT2D eigenvalue weighted by Gasteiger charge is -2.36. The molecule has 3 aliphatic rings. The Morgan fingerprint density at radius 1 is 0.643 bits per heavy atom. The van der Waals surface area contributed by atoms with Gasteiger partial charge in [0, 0.05) is 52.4 Å². The zero-order valence-corrected chi connectivity index (χ0v) is 9.02. The highest BCUT2D eigenvalue weighted by Gasteiger charge is 2.41. The first kappa shape index (κ1) is 9.09. The molecule has 0 aliphatic carbocycles. The molecule has 0 atom stereocenters. The molecule has 3 fully saturated rings. The fourth-order valence-electron chi connectivity index (χ4n) is 2.94. The van der Waals surface area contributed by atoms with Crippen LogP contribution in [-0.2, 0) is 0 Å². The third-order valence-electron chi connectivity index (χ3n) is 3.87. The van der Waals surface area contributed by atoms with Crippen LogP contribution in [0, 0.1) is 0 Å². The zero-order chi connectivity index (χ0) is 9.54. The minimum atomic E-state index is 0.656. The standard InChI is InChI=1S/C10H20N4/c1-11-2-4-12-6-8-14-9-7-13(5-3-11)10(12)14/h10H,2-9H2,1H3. The lowest BCUT2D eigenvalue weighted by atomic mass is 10.4. The van der Waals surface area contributed by atoms with Crippen molar-refractivity contribution in [2.24, 2.45) is 0 Å². The molecule has 3 heterocycles. The van der Waals surface area contributed by atoms with Crippen molar-refractivity contribution in [3.8, 4) is 0 Å². The monoisotopic (exact) mass is 196 g/mol. The quantitative estimate of drug-likeness (QED) is 0.500. The molecule has 0 bridgehead atoms. The first-order chi connectivity index (χ1) is 6.84. The normalized spacial score (nSPS) is 33.2. The topological polar surface area (TPSA) is 13.0 Å². The lowest BCUT2D eigenvalue weighted by Crippen LogP contribution is -2.51. The van der Waals surface area contributed by atoms with Gasteiger partial charge in [0.25, 0.3) is 0 Å². The van der Waals surface area contributed by atoms with Gasteiger partial charge in [0.15, 0.2) is 0 Å². The maximum absolute atomic E-state index is 2.64. The molecule has 3 aliphatic heterocycles. The van der Waals surface area contributed by atoms with E-state index in [1.807, 2.05) is 0 Å². The van der Waals surface area contributed by atoms with Crippen molar-refractivity contribution in [1.82, 2.24) is 19.6 Å². The van der Waals surface area contributed by atoms with Crippen LogP contribution in [0.2, 0.25) is 0 Å². The largest absolute Gasteiger partial charge is 0.304 e. The first-order valence-electron chi connectivity index (χ1n) is 5.75. The van der Waals surface area contributed by atoms with E-state index in [1.165, 1.54) is 52.4 Å². The average molecular weight is 196 g/mol. The highest BCUT2D eigenvalue weighted by atomic mass is 15.6. The zero-order valence-electron chi connectivity index (χ0n) is 9.02. The molecule has 0 N–H and O–H groups in total. The molecule has 80 valence electrons. The van der Waals surface area contributed by atoms with E-state index in [2.05, 4.69) is 26.6 Å². The van der Waals surface area contributed by atoms with E-state index in [9.17, 15) is 0 Å². The van der Waals surface area contributed by atoms with Crippen molar-refractivity contribution in [3.63, 3.8) is 0 Å². The second-order valence-corrected chi connectivity index (χ2v) is 4.76. The van der Waals surface area contributed by atoms with Crippen LogP contribution in [0.3, 0.4) is 0 Å². The molecular weight excluding hydrogens is 176 g/mol. The average Bonchev–Trinajstić information content (AvgIpc) is 2.69. The van der Waals surface area contributed by atoms with Gasteiger partial charge in [-0.3, -0.25) is 14.7 Å². The molecule has 14 heavy (non-hydrogen) atoms. The van der Waals surface area contributed by atoms with Gasteiger partial charge >= 0.3 is 0 Å². The molecule has 0 amide bonds. The van der Waals surface area contributed by atoms with Crippen LogP contribution in [0.1, 0.15) is 0 Å². The Hall–Kier alpha value is -0.160. The molecule has 0 saturated carbocycles. The third kappa shape index (κ3) is 1.37. The van der Waals surface area contributed by atoms with E-state index in [0.29, 0.717) is 6.29 Å². The summed E-state index contributed by atoms with van der Waals surface area (Å²) in [6, 6.07) is 0. The Labute approximate surface area is 86.0 Å². The van der Waals surface area contributed by atoms with Gasteiger partial charge in [-0.15, -0.1) is 0 Å². The van der Waals surface area contributed by atoms with Crippen molar-refractivity contribution < 1.29 is 0 Å². The van der Waals surface area contributed by atoms with Crippen LogP contribution >= 0.6 is 0 Å². The molecule has 3 saturated heterocycles.